The predicted molar refractivity (Wildman–Crippen MR) is 62.2 cm³/mol. The molecular weight excluding hydrogens is 299 g/mol. The Balaban J connectivity index is 4.33. The molecule has 0 atom stereocenters. The zero-order valence-electron chi connectivity index (χ0n) is 10.4. The molecule has 0 bridgehead atoms. The Morgan fingerprint density at radius 1 is 0.700 bits per heavy atom. The van der Waals surface area contributed by atoms with E-state index in [0.29, 0.717) is 0 Å². The molecule has 0 fully saturated rings. The van der Waals surface area contributed by atoms with Gasteiger partial charge in [0.2, 0.25) is 0 Å². The third-order valence-electron chi connectivity index (χ3n) is 1.70. The van der Waals surface area contributed by atoms with Gasteiger partial charge in [-0.15, -0.1) is 0 Å². The maximum absolute atomic E-state index is 11.9. The van der Waals surface area contributed by atoms with E-state index >= 15 is 0 Å². The predicted octanol–water partition coefficient (Wildman–Crippen LogP) is 0.568. The summed E-state index contributed by atoms with van der Waals surface area (Å²) in [5.41, 5.74) is 0. The molecule has 0 saturated heterocycles. The van der Waals surface area contributed by atoms with Gasteiger partial charge in [0, 0.05) is 0 Å². The van der Waals surface area contributed by atoms with E-state index in [9.17, 15) is 18.9 Å². The zero-order chi connectivity index (χ0) is 15.6. The molecule has 10 nitrogen and oxygen atoms in total. The van der Waals surface area contributed by atoms with E-state index in [4.69, 9.17) is 15.3 Å². The topological polar surface area (TPSA) is 157 Å². The molecule has 0 aromatic carbocycles. The maximum atomic E-state index is 11.9. The van der Waals surface area contributed by atoms with Crippen LogP contribution in [0, 0.1) is 0 Å². The Bertz CT molecular complexity index is 335. The minimum Gasteiger partial charge on any atom is -0.481 e. The summed E-state index contributed by atoms with van der Waals surface area (Å²) in [5.74, 6) is -3.60. The first-order valence-electron chi connectivity index (χ1n) is 5.44. The Labute approximate surface area is 113 Å². The van der Waals surface area contributed by atoms with E-state index < -0.39 is 64.8 Å². The van der Waals surface area contributed by atoms with Crippen molar-refractivity contribution in [3.63, 3.8) is 0 Å². The molecule has 0 saturated carbocycles. The fourth-order valence-corrected chi connectivity index (χ4v) is 2.01. The fraction of sp³-hybridized carbons (Fsp3) is 0.667. The van der Waals surface area contributed by atoms with Gasteiger partial charge in [-0.2, -0.15) is 0 Å². The van der Waals surface area contributed by atoms with Crippen molar-refractivity contribution in [3.8, 4) is 0 Å². The molecule has 0 aliphatic heterocycles. The summed E-state index contributed by atoms with van der Waals surface area (Å²) in [7, 11) is -4.18. The van der Waals surface area contributed by atoms with Crippen molar-refractivity contribution in [2.75, 3.05) is 19.8 Å². The molecule has 0 aromatic rings. The van der Waals surface area contributed by atoms with Crippen LogP contribution < -0.4 is 0 Å². The van der Waals surface area contributed by atoms with E-state index in [2.05, 4.69) is 13.6 Å². The Morgan fingerprint density at radius 3 is 1.15 bits per heavy atom. The lowest BCUT2D eigenvalue weighted by Gasteiger charge is -2.16. The van der Waals surface area contributed by atoms with E-state index in [1.165, 1.54) is 0 Å². The van der Waals surface area contributed by atoms with Crippen molar-refractivity contribution in [2.45, 2.75) is 19.3 Å². The van der Waals surface area contributed by atoms with E-state index in [0.717, 1.165) is 0 Å². The van der Waals surface area contributed by atoms with Crippen molar-refractivity contribution in [1.82, 2.24) is 0 Å². The molecule has 0 aliphatic rings. The van der Waals surface area contributed by atoms with Crippen LogP contribution in [0.4, 0.5) is 0 Å². The van der Waals surface area contributed by atoms with Crippen LogP contribution in [0.15, 0.2) is 0 Å². The van der Waals surface area contributed by atoms with Crippen LogP contribution >= 0.6 is 7.82 Å². The molecule has 116 valence electrons. The van der Waals surface area contributed by atoms with Gasteiger partial charge in [-0.3, -0.25) is 28.0 Å². The first-order chi connectivity index (χ1) is 9.25. The van der Waals surface area contributed by atoms with Crippen LogP contribution in [-0.4, -0.2) is 53.0 Å². The van der Waals surface area contributed by atoms with Crippen molar-refractivity contribution in [1.29, 1.82) is 0 Å². The Morgan fingerprint density at radius 2 is 0.950 bits per heavy atom. The number of rotatable bonds is 12. The molecule has 3 N–H and O–H groups in total. The number of carboxylic acid groups (broad SMARTS) is 3. The van der Waals surface area contributed by atoms with Gasteiger partial charge >= 0.3 is 25.7 Å². The lowest BCUT2D eigenvalue weighted by atomic mass is 10.5. The summed E-state index contributed by atoms with van der Waals surface area (Å²) in [6.45, 7) is -1.44. The normalized spacial score (nSPS) is 11.2. The molecular formula is C9H15O10P. The second kappa shape index (κ2) is 9.43. The summed E-state index contributed by atoms with van der Waals surface area (Å²) in [5, 5.41) is 25.2. The van der Waals surface area contributed by atoms with Gasteiger partial charge in [0.15, 0.2) is 0 Å². The number of phosphoric acid groups is 1. The van der Waals surface area contributed by atoms with Gasteiger partial charge in [0.1, 0.15) is 0 Å². The smallest absolute Gasteiger partial charge is 0.474 e. The minimum absolute atomic E-state index is 0.464. The highest BCUT2D eigenvalue weighted by molar-refractivity contribution is 7.48. The first kappa shape index (κ1) is 18.5. The average Bonchev–Trinajstić information content (AvgIpc) is 2.27. The highest BCUT2D eigenvalue weighted by Gasteiger charge is 2.27. The zero-order valence-corrected chi connectivity index (χ0v) is 11.3. The van der Waals surface area contributed by atoms with Crippen LogP contribution in [0.25, 0.3) is 0 Å². The molecule has 0 rings (SSSR count). The molecule has 0 radical (unpaired) electrons. The number of hydrogen-bond acceptors (Lipinski definition) is 7. The molecule has 0 aliphatic carbocycles. The van der Waals surface area contributed by atoms with E-state index in [1.54, 1.807) is 0 Å². The Hall–Kier alpha value is -1.48. The lowest BCUT2D eigenvalue weighted by Crippen LogP contribution is -2.09. The van der Waals surface area contributed by atoms with Gasteiger partial charge in [-0.05, 0) is 0 Å². The third-order valence-corrected chi connectivity index (χ3v) is 3.19. The van der Waals surface area contributed by atoms with Crippen LogP contribution in [0.3, 0.4) is 0 Å². The average molecular weight is 314 g/mol. The summed E-state index contributed by atoms with van der Waals surface area (Å²) >= 11 is 0. The number of aliphatic carboxylic acids is 3. The lowest BCUT2D eigenvalue weighted by molar-refractivity contribution is -0.138. The van der Waals surface area contributed by atoms with E-state index in [1.807, 2.05) is 0 Å². The van der Waals surface area contributed by atoms with Gasteiger partial charge in [-0.25, -0.2) is 4.57 Å². The summed E-state index contributed by atoms with van der Waals surface area (Å²) in [6.07, 6.45) is -1.39. The molecule has 11 heteroatoms. The molecule has 0 heterocycles. The van der Waals surface area contributed by atoms with Crippen LogP contribution in [0.1, 0.15) is 19.3 Å². The quantitative estimate of drug-likeness (QED) is 0.435. The summed E-state index contributed by atoms with van der Waals surface area (Å²) in [6, 6.07) is 0. The molecule has 0 aromatic heterocycles. The summed E-state index contributed by atoms with van der Waals surface area (Å²) in [4.78, 5) is 30.9. The van der Waals surface area contributed by atoms with Crippen LogP contribution in [0.5, 0.6) is 0 Å². The second-order valence-electron chi connectivity index (χ2n) is 3.38. The number of phosphoric ester groups is 1. The van der Waals surface area contributed by atoms with Gasteiger partial charge in [0.25, 0.3) is 0 Å². The molecule has 20 heavy (non-hydrogen) atoms. The Kier molecular flexibility index (Phi) is 8.73. The molecule has 0 unspecified atom stereocenters. The highest BCUT2D eigenvalue weighted by Crippen LogP contribution is 2.49. The highest BCUT2D eigenvalue weighted by atomic mass is 31.2. The fourth-order valence-electron chi connectivity index (χ4n) is 0.846. The van der Waals surface area contributed by atoms with Crippen molar-refractivity contribution >= 4 is 25.7 Å². The van der Waals surface area contributed by atoms with Gasteiger partial charge in [-0.1, -0.05) is 0 Å². The minimum atomic E-state index is -4.18. The van der Waals surface area contributed by atoms with Crippen LogP contribution in [-0.2, 0) is 32.5 Å². The number of carbonyl (C=O) groups is 3. The van der Waals surface area contributed by atoms with Gasteiger partial charge < -0.3 is 15.3 Å². The van der Waals surface area contributed by atoms with Crippen LogP contribution in [0.2, 0.25) is 0 Å². The molecule has 0 spiro atoms. The van der Waals surface area contributed by atoms with E-state index in [-0.39, 0.29) is 0 Å². The van der Waals surface area contributed by atoms with Crippen molar-refractivity contribution in [2.24, 2.45) is 0 Å². The SMILES string of the molecule is O=C(O)CCOP(=O)(OCCC(=O)O)OCCC(=O)O. The second-order valence-corrected chi connectivity index (χ2v) is 5.05. The maximum Gasteiger partial charge on any atom is 0.474 e. The van der Waals surface area contributed by atoms with Gasteiger partial charge in [0.05, 0.1) is 39.1 Å². The first-order valence-corrected chi connectivity index (χ1v) is 6.90. The number of carboxylic acids is 3. The van der Waals surface area contributed by atoms with Crippen molar-refractivity contribution in [3.05, 3.63) is 0 Å². The standard InChI is InChI=1S/C9H15O10P/c10-7(11)1-4-17-20(16,18-5-2-8(12)13)19-6-3-9(14)15/h1-6H2,(H,10,11)(H,12,13)(H,14,15). The largest absolute Gasteiger partial charge is 0.481 e. The monoisotopic (exact) mass is 314 g/mol. The summed E-state index contributed by atoms with van der Waals surface area (Å²) < 4.78 is 25.9. The third kappa shape index (κ3) is 10.4. The molecule has 0 amide bonds. The van der Waals surface area contributed by atoms with Crippen molar-refractivity contribution < 1.29 is 47.8 Å². The number of hydrogen-bond donors (Lipinski definition) is 3.